The van der Waals surface area contributed by atoms with Crippen LogP contribution >= 0.6 is 0 Å². The lowest BCUT2D eigenvalue weighted by atomic mass is 10.2. The summed E-state index contributed by atoms with van der Waals surface area (Å²) in [6, 6.07) is 1.58. The molecule has 122 valence electrons. The molecule has 1 rings (SSSR count). The van der Waals surface area contributed by atoms with Gasteiger partial charge in [-0.05, 0) is 39.2 Å². The first-order chi connectivity index (χ1) is 10.3. The van der Waals surface area contributed by atoms with E-state index in [-0.39, 0.29) is 0 Å². The van der Waals surface area contributed by atoms with Gasteiger partial charge in [0.15, 0.2) is 17.5 Å². The highest BCUT2D eigenvalue weighted by atomic mass is 19.2. The van der Waals surface area contributed by atoms with Gasteiger partial charge in [0.1, 0.15) is 6.42 Å². The average Bonchev–Trinajstić information content (AvgIpc) is 2.44. The molecule has 0 aliphatic carbocycles. The minimum absolute atomic E-state index is 0.407. The quantitative estimate of drug-likeness (QED) is 0.455. The number of nitrogens with one attached hydrogen (secondary N) is 2. The molecule has 8 heteroatoms. The molecule has 0 heterocycles. The van der Waals surface area contributed by atoms with Crippen molar-refractivity contribution in [2.24, 2.45) is 0 Å². The van der Waals surface area contributed by atoms with Crippen molar-refractivity contribution in [1.82, 2.24) is 10.2 Å². The predicted octanol–water partition coefficient (Wildman–Crippen LogP) is 1.50. The molecule has 22 heavy (non-hydrogen) atoms. The highest BCUT2D eigenvalue weighted by molar-refractivity contribution is 6.03. The summed E-state index contributed by atoms with van der Waals surface area (Å²) in [5.41, 5.74) is -0.510. The predicted molar refractivity (Wildman–Crippen MR) is 75.7 cm³/mol. The van der Waals surface area contributed by atoms with Crippen molar-refractivity contribution in [3.05, 3.63) is 29.6 Å². The lowest BCUT2D eigenvalue weighted by Gasteiger charge is -2.10. The fraction of sp³-hybridized carbons (Fsp3) is 0.429. The Morgan fingerprint density at radius 3 is 2.41 bits per heavy atom. The largest absolute Gasteiger partial charge is 0.356 e. The molecule has 5 nitrogen and oxygen atoms in total. The molecule has 0 spiro atoms. The Balaban J connectivity index is 2.43. The summed E-state index contributed by atoms with van der Waals surface area (Å²) in [6.07, 6.45) is 0.193. The van der Waals surface area contributed by atoms with E-state index in [2.05, 4.69) is 5.32 Å². The molecule has 0 unspecified atom stereocenters. The molecule has 0 saturated heterocycles. The Morgan fingerprint density at radius 1 is 1.09 bits per heavy atom. The van der Waals surface area contributed by atoms with E-state index in [1.165, 1.54) is 0 Å². The Morgan fingerprint density at radius 2 is 1.77 bits per heavy atom. The van der Waals surface area contributed by atoms with Crippen LogP contribution in [0.25, 0.3) is 0 Å². The second-order valence-electron chi connectivity index (χ2n) is 4.95. The SMILES string of the molecule is CN(C)CCCNC(=O)CC(=O)Nc1ccc(F)c(F)c1F. The molecule has 0 bridgehead atoms. The Bertz CT molecular complexity index is 550. The van der Waals surface area contributed by atoms with E-state index in [0.717, 1.165) is 19.0 Å². The lowest BCUT2D eigenvalue weighted by molar-refractivity contribution is -0.126. The molecule has 1 aromatic rings. The number of benzene rings is 1. The highest BCUT2D eigenvalue weighted by Crippen LogP contribution is 2.19. The van der Waals surface area contributed by atoms with Gasteiger partial charge in [0.25, 0.3) is 0 Å². The smallest absolute Gasteiger partial charge is 0.233 e. The van der Waals surface area contributed by atoms with Crippen LogP contribution in [0, 0.1) is 17.5 Å². The number of carbonyl (C=O) groups excluding carboxylic acids is 2. The fourth-order valence-corrected chi connectivity index (χ4v) is 1.65. The van der Waals surface area contributed by atoms with Crippen LogP contribution in [0.4, 0.5) is 18.9 Å². The van der Waals surface area contributed by atoms with E-state index in [1.807, 2.05) is 24.3 Å². The van der Waals surface area contributed by atoms with Crippen molar-refractivity contribution >= 4 is 17.5 Å². The monoisotopic (exact) mass is 317 g/mol. The Labute approximate surface area is 126 Å². The van der Waals surface area contributed by atoms with Crippen molar-refractivity contribution in [3.63, 3.8) is 0 Å². The standard InChI is InChI=1S/C14H18F3N3O2/c1-20(2)7-3-6-18-11(21)8-12(22)19-10-5-4-9(15)13(16)14(10)17/h4-5H,3,6-8H2,1-2H3,(H,18,21)(H,19,22). The summed E-state index contributed by atoms with van der Waals surface area (Å²) in [4.78, 5) is 25.0. The molecule has 2 N–H and O–H groups in total. The summed E-state index contributed by atoms with van der Waals surface area (Å²) in [5.74, 6) is -5.87. The van der Waals surface area contributed by atoms with Gasteiger partial charge < -0.3 is 15.5 Å². The van der Waals surface area contributed by atoms with E-state index in [1.54, 1.807) is 0 Å². The van der Waals surface area contributed by atoms with Crippen LogP contribution in [-0.2, 0) is 9.59 Å². The van der Waals surface area contributed by atoms with E-state index in [0.29, 0.717) is 12.6 Å². The van der Waals surface area contributed by atoms with Gasteiger partial charge in [-0.1, -0.05) is 0 Å². The third-order valence-corrected chi connectivity index (χ3v) is 2.73. The molecule has 0 aliphatic heterocycles. The van der Waals surface area contributed by atoms with Gasteiger partial charge in [-0.25, -0.2) is 13.2 Å². The molecule has 0 fully saturated rings. The van der Waals surface area contributed by atoms with Gasteiger partial charge in [-0.2, -0.15) is 0 Å². The van der Waals surface area contributed by atoms with E-state index in [4.69, 9.17) is 0 Å². The number of anilines is 1. The zero-order valence-corrected chi connectivity index (χ0v) is 12.4. The fourth-order valence-electron chi connectivity index (χ4n) is 1.65. The Hall–Kier alpha value is -2.09. The van der Waals surface area contributed by atoms with Gasteiger partial charge in [-0.15, -0.1) is 0 Å². The second kappa shape index (κ2) is 8.38. The maximum atomic E-state index is 13.3. The van der Waals surface area contributed by atoms with Crippen LogP contribution in [-0.4, -0.2) is 43.9 Å². The molecular weight excluding hydrogens is 299 g/mol. The summed E-state index contributed by atoms with van der Waals surface area (Å²) in [7, 11) is 3.79. The van der Waals surface area contributed by atoms with Crippen molar-refractivity contribution in [2.45, 2.75) is 12.8 Å². The molecule has 0 aromatic heterocycles. The summed E-state index contributed by atoms with van der Waals surface area (Å²) in [6.45, 7) is 1.19. The van der Waals surface area contributed by atoms with E-state index >= 15 is 0 Å². The molecule has 1 aromatic carbocycles. The summed E-state index contributed by atoms with van der Waals surface area (Å²) >= 11 is 0. The van der Waals surface area contributed by atoms with Crippen LogP contribution in [0.1, 0.15) is 12.8 Å². The van der Waals surface area contributed by atoms with Crippen molar-refractivity contribution in [3.8, 4) is 0 Å². The van der Waals surface area contributed by atoms with Gasteiger partial charge in [0, 0.05) is 6.54 Å². The maximum Gasteiger partial charge on any atom is 0.233 e. The summed E-state index contributed by atoms with van der Waals surface area (Å²) < 4.78 is 39.1. The van der Waals surface area contributed by atoms with Crippen LogP contribution in [0.3, 0.4) is 0 Å². The third-order valence-electron chi connectivity index (χ3n) is 2.73. The van der Waals surface area contributed by atoms with Crippen LogP contribution in [0.5, 0.6) is 0 Å². The molecule has 2 amide bonds. The maximum absolute atomic E-state index is 13.3. The second-order valence-corrected chi connectivity index (χ2v) is 4.95. The van der Waals surface area contributed by atoms with Crippen molar-refractivity contribution in [1.29, 1.82) is 0 Å². The first-order valence-corrected chi connectivity index (χ1v) is 6.66. The minimum atomic E-state index is -1.68. The number of carbonyl (C=O) groups is 2. The van der Waals surface area contributed by atoms with Gasteiger partial charge in [0.2, 0.25) is 11.8 Å². The minimum Gasteiger partial charge on any atom is -0.356 e. The lowest BCUT2D eigenvalue weighted by Crippen LogP contribution is -2.30. The van der Waals surface area contributed by atoms with Gasteiger partial charge in [0.05, 0.1) is 5.69 Å². The van der Waals surface area contributed by atoms with Crippen LogP contribution in [0.15, 0.2) is 12.1 Å². The van der Waals surface area contributed by atoms with Crippen molar-refractivity contribution in [2.75, 3.05) is 32.5 Å². The normalized spacial score (nSPS) is 10.6. The number of hydrogen-bond acceptors (Lipinski definition) is 3. The average molecular weight is 317 g/mol. The number of amides is 2. The first-order valence-electron chi connectivity index (χ1n) is 6.66. The number of nitrogens with zero attached hydrogens (tertiary/aromatic N) is 1. The third kappa shape index (κ3) is 5.72. The number of halogens is 3. The van der Waals surface area contributed by atoms with Gasteiger partial charge in [-0.3, -0.25) is 9.59 Å². The van der Waals surface area contributed by atoms with E-state index in [9.17, 15) is 22.8 Å². The van der Waals surface area contributed by atoms with Crippen LogP contribution < -0.4 is 10.6 Å². The molecule has 0 aliphatic rings. The number of rotatable bonds is 7. The zero-order valence-electron chi connectivity index (χ0n) is 12.4. The van der Waals surface area contributed by atoms with Crippen molar-refractivity contribution < 1.29 is 22.8 Å². The van der Waals surface area contributed by atoms with Crippen LogP contribution in [0.2, 0.25) is 0 Å². The Kier molecular flexibility index (Phi) is 6.84. The zero-order chi connectivity index (χ0) is 16.7. The molecule has 0 atom stereocenters. The molecular formula is C14H18F3N3O2. The molecule has 0 saturated carbocycles. The highest BCUT2D eigenvalue weighted by Gasteiger charge is 2.16. The van der Waals surface area contributed by atoms with E-state index < -0.39 is 41.4 Å². The van der Waals surface area contributed by atoms with Gasteiger partial charge >= 0.3 is 0 Å². The topological polar surface area (TPSA) is 61.4 Å². The summed E-state index contributed by atoms with van der Waals surface area (Å²) in [5, 5.41) is 4.56. The molecule has 0 radical (unpaired) electrons. The number of hydrogen-bond donors (Lipinski definition) is 2. The first kappa shape index (κ1) is 18.0.